The molecule has 126 valence electrons. The lowest BCUT2D eigenvalue weighted by Gasteiger charge is -2.10. The van der Waals surface area contributed by atoms with Gasteiger partial charge < -0.3 is 15.4 Å². The summed E-state index contributed by atoms with van der Waals surface area (Å²) in [7, 11) is 0. The lowest BCUT2D eigenvalue weighted by atomic mass is 10.2. The number of rotatable bonds is 5. The fourth-order valence-corrected chi connectivity index (χ4v) is 2.61. The number of benzene rings is 1. The van der Waals surface area contributed by atoms with Crippen LogP contribution in [-0.2, 0) is 4.74 Å². The molecule has 3 rings (SSSR count). The maximum atomic E-state index is 12.0. The Morgan fingerprint density at radius 1 is 1.38 bits per heavy atom. The standard InChI is InChI=1S/C17H19ClN4O2/c1-11-4-5-12(7-14(11)18)22-16-10-19-15(9-20-16)17(23)21-8-13-3-2-6-24-13/h4-5,7,9-10,13H,2-3,6,8H2,1H3,(H,20,22)(H,21,23). The summed E-state index contributed by atoms with van der Waals surface area (Å²) >= 11 is 6.10. The molecule has 0 aliphatic carbocycles. The number of nitrogens with one attached hydrogen (secondary N) is 2. The van der Waals surface area contributed by atoms with Crippen LogP contribution >= 0.6 is 11.6 Å². The van der Waals surface area contributed by atoms with Gasteiger partial charge in [-0.3, -0.25) is 4.79 Å². The number of nitrogens with zero attached hydrogens (tertiary/aromatic N) is 2. The van der Waals surface area contributed by atoms with Crippen molar-refractivity contribution in [2.75, 3.05) is 18.5 Å². The Labute approximate surface area is 145 Å². The van der Waals surface area contributed by atoms with Gasteiger partial charge in [0.05, 0.1) is 18.5 Å². The molecule has 6 nitrogen and oxygen atoms in total. The average molecular weight is 347 g/mol. The Balaban J connectivity index is 1.57. The number of anilines is 2. The van der Waals surface area contributed by atoms with Crippen molar-refractivity contribution in [3.05, 3.63) is 46.9 Å². The van der Waals surface area contributed by atoms with E-state index in [1.807, 2.05) is 25.1 Å². The number of hydrogen-bond donors (Lipinski definition) is 2. The molecule has 2 heterocycles. The average Bonchev–Trinajstić information content (AvgIpc) is 3.10. The van der Waals surface area contributed by atoms with Crippen molar-refractivity contribution in [2.45, 2.75) is 25.9 Å². The van der Waals surface area contributed by atoms with Crippen LogP contribution in [0.25, 0.3) is 0 Å². The second-order valence-electron chi connectivity index (χ2n) is 5.72. The Kier molecular flexibility index (Phi) is 5.27. The van der Waals surface area contributed by atoms with Crippen molar-refractivity contribution < 1.29 is 9.53 Å². The van der Waals surface area contributed by atoms with Crippen molar-refractivity contribution in [1.29, 1.82) is 0 Å². The summed E-state index contributed by atoms with van der Waals surface area (Å²) in [6.45, 7) is 3.21. The first kappa shape index (κ1) is 16.7. The molecule has 1 saturated heterocycles. The second kappa shape index (κ2) is 7.59. The van der Waals surface area contributed by atoms with Crippen LogP contribution in [0.2, 0.25) is 5.02 Å². The van der Waals surface area contributed by atoms with Crippen molar-refractivity contribution in [3.63, 3.8) is 0 Å². The van der Waals surface area contributed by atoms with Gasteiger partial charge >= 0.3 is 0 Å². The summed E-state index contributed by atoms with van der Waals surface area (Å²) in [5.74, 6) is 0.300. The fourth-order valence-electron chi connectivity index (χ4n) is 2.43. The summed E-state index contributed by atoms with van der Waals surface area (Å²) in [4.78, 5) is 20.4. The molecule has 0 bridgehead atoms. The lowest BCUT2D eigenvalue weighted by molar-refractivity contribution is 0.0853. The first-order valence-corrected chi connectivity index (χ1v) is 8.24. The largest absolute Gasteiger partial charge is 0.376 e. The highest BCUT2D eigenvalue weighted by Crippen LogP contribution is 2.22. The zero-order chi connectivity index (χ0) is 16.9. The van der Waals surface area contributed by atoms with Crippen LogP contribution in [0.5, 0.6) is 0 Å². The van der Waals surface area contributed by atoms with Gasteiger partial charge in [0.1, 0.15) is 11.5 Å². The number of aryl methyl sites for hydroxylation is 1. The molecule has 0 spiro atoms. The summed E-state index contributed by atoms with van der Waals surface area (Å²) in [6.07, 6.45) is 5.10. The topological polar surface area (TPSA) is 76.1 Å². The van der Waals surface area contributed by atoms with Crippen molar-refractivity contribution in [2.24, 2.45) is 0 Å². The number of carbonyl (C=O) groups is 1. The molecular weight excluding hydrogens is 328 g/mol. The van der Waals surface area contributed by atoms with E-state index in [1.54, 1.807) is 0 Å². The van der Waals surface area contributed by atoms with Crippen LogP contribution in [0, 0.1) is 6.92 Å². The Bertz CT molecular complexity index is 715. The minimum absolute atomic E-state index is 0.106. The maximum absolute atomic E-state index is 12.0. The molecule has 1 atom stereocenters. The summed E-state index contributed by atoms with van der Waals surface area (Å²) < 4.78 is 5.47. The van der Waals surface area contributed by atoms with E-state index in [2.05, 4.69) is 20.6 Å². The molecule has 7 heteroatoms. The van der Waals surface area contributed by atoms with Gasteiger partial charge in [-0.05, 0) is 37.5 Å². The third kappa shape index (κ3) is 4.21. The van der Waals surface area contributed by atoms with E-state index >= 15 is 0 Å². The number of hydrogen-bond acceptors (Lipinski definition) is 5. The van der Waals surface area contributed by atoms with Crippen LogP contribution in [-0.4, -0.2) is 35.1 Å². The highest BCUT2D eigenvalue weighted by atomic mass is 35.5. The molecule has 1 aliphatic rings. The minimum Gasteiger partial charge on any atom is -0.376 e. The molecule has 1 unspecified atom stereocenters. The van der Waals surface area contributed by atoms with Crippen LogP contribution in [0.1, 0.15) is 28.9 Å². The highest BCUT2D eigenvalue weighted by molar-refractivity contribution is 6.31. The van der Waals surface area contributed by atoms with Gasteiger partial charge in [-0.2, -0.15) is 0 Å². The smallest absolute Gasteiger partial charge is 0.271 e. The van der Waals surface area contributed by atoms with Gasteiger partial charge in [-0.1, -0.05) is 17.7 Å². The van der Waals surface area contributed by atoms with E-state index in [1.165, 1.54) is 12.4 Å². The van der Waals surface area contributed by atoms with Crippen molar-refractivity contribution >= 4 is 29.0 Å². The number of amides is 1. The predicted molar refractivity (Wildman–Crippen MR) is 92.8 cm³/mol. The van der Waals surface area contributed by atoms with Crippen LogP contribution in [0.3, 0.4) is 0 Å². The lowest BCUT2D eigenvalue weighted by Crippen LogP contribution is -2.32. The monoisotopic (exact) mass is 346 g/mol. The number of ether oxygens (including phenoxy) is 1. The molecule has 2 N–H and O–H groups in total. The summed E-state index contributed by atoms with van der Waals surface area (Å²) in [5, 5.41) is 6.60. The highest BCUT2D eigenvalue weighted by Gasteiger charge is 2.17. The van der Waals surface area contributed by atoms with E-state index in [0.29, 0.717) is 17.4 Å². The zero-order valence-corrected chi connectivity index (χ0v) is 14.1. The molecule has 1 aliphatic heterocycles. The molecule has 0 radical (unpaired) electrons. The molecule has 1 aromatic carbocycles. The second-order valence-corrected chi connectivity index (χ2v) is 6.13. The Morgan fingerprint density at radius 3 is 2.92 bits per heavy atom. The maximum Gasteiger partial charge on any atom is 0.271 e. The Morgan fingerprint density at radius 2 is 2.25 bits per heavy atom. The molecule has 1 aromatic heterocycles. The van der Waals surface area contributed by atoms with Crippen molar-refractivity contribution in [1.82, 2.24) is 15.3 Å². The normalized spacial score (nSPS) is 16.8. The SMILES string of the molecule is Cc1ccc(Nc2cnc(C(=O)NCC3CCCO3)cn2)cc1Cl. The van der Waals surface area contributed by atoms with E-state index in [9.17, 15) is 4.79 Å². The molecule has 2 aromatic rings. The fraction of sp³-hybridized carbons (Fsp3) is 0.353. The summed E-state index contributed by atoms with van der Waals surface area (Å²) in [5.41, 5.74) is 2.10. The number of halogens is 1. The third-order valence-electron chi connectivity index (χ3n) is 3.84. The molecular formula is C17H19ClN4O2. The third-order valence-corrected chi connectivity index (χ3v) is 4.25. The van der Waals surface area contributed by atoms with Gasteiger partial charge in [-0.15, -0.1) is 0 Å². The van der Waals surface area contributed by atoms with Crippen LogP contribution in [0.15, 0.2) is 30.6 Å². The van der Waals surface area contributed by atoms with Gasteiger partial charge in [0, 0.05) is 23.9 Å². The van der Waals surface area contributed by atoms with Crippen LogP contribution in [0.4, 0.5) is 11.5 Å². The zero-order valence-electron chi connectivity index (χ0n) is 13.4. The summed E-state index contributed by atoms with van der Waals surface area (Å²) in [6, 6.07) is 5.65. The number of aromatic nitrogens is 2. The Hall–Kier alpha value is -2.18. The molecule has 1 amide bonds. The van der Waals surface area contributed by atoms with E-state index < -0.39 is 0 Å². The van der Waals surface area contributed by atoms with Gasteiger partial charge in [0.2, 0.25) is 0 Å². The van der Waals surface area contributed by atoms with E-state index in [0.717, 1.165) is 30.7 Å². The first-order valence-electron chi connectivity index (χ1n) is 7.87. The van der Waals surface area contributed by atoms with E-state index in [-0.39, 0.29) is 17.7 Å². The minimum atomic E-state index is -0.247. The van der Waals surface area contributed by atoms with Crippen LogP contribution < -0.4 is 10.6 Å². The van der Waals surface area contributed by atoms with Gasteiger partial charge in [0.25, 0.3) is 5.91 Å². The van der Waals surface area contributed by atoms with Crippen molar-refractivity contribution in [3.8, 4) is 0 Å². The molecule has 0 saturated carbocycles. The van der Waals surface area contributed by atoms with Gasteiger partial charge in [0.15, 0.2) is 0 Å². The number of carbonyl (C=O) groups excluding carboxylic acids is 1. The molecule has 1 fully saturated rings. The van der Waals surface area contributed by atoms with E-state index in [4.69, 9.17) is 16.3 Å². The quantitative estimate of drug-likeness (QED) is 0.870. The predicted octanol–water partition coefficient (Wildman–Crippen LogP) is 3.09. The first-order chi connectivity index (χ1) is 11.6. The van der Waals surface area contributed by atoms with Gasteiger partial charge in [-0.25, -0.2) is 9.97 Å². The molecule has 24 heavy (non-hydrogen) atoms.